The molecule has 1 aromatic rings. The van der Waals surface area contributed by atoms with E-state index in [4.69, 9.17) is 4.52 Å². The normalized spacial score (nSPS) is 18.1. The van der Waals surface area contributed by atoms with Crippen LogP contribution in [0.5, 0.6) is 0 Å². The first-order chi connectivity index (χ1) is 12.6. The Balaban J connectivity index is 1.79. The summed E-state index contributed by atoms with van der Waals surface area (Å²) in [6.45, 7) is 8.35. The fourth-order valence-electron chi connectivity index (χ4n) is 3.43. The lowest BCUT2D eigenvalue weighted by Crippen LogP contribution is -2.44. The number of carbonyl (C=O) groups is 1. The summed E-state index contributed by atoms with van der Waals surface area (Å²) in [6.07, 6.45) is 5.60. The van der Waals surface area contributed by atoms with Crippen molar-refractivity contribution in [3.05, 3.63) is 17.0 Å². The van der Waals surface area contributed by atoms with E-state index in [2.05, 4.69) is 41.6 Å². The first-order valence-corrected chi connectivity index (χ1v) is 9.80. The van der Waals surface area contributed by atoms with Crippen molar-refractivity contribution in [2.24, 2.45) is 4.99 Å². The number of nitrogens with zero attached hydrogens (tertiary/aromatic N) is 3. The summed E-state index contributed by atoms with van der Waals surface area (Å²) < 4.78 is 5.39. The lowest BCUT2D eigenvalue weighted by Gasteiger charge is -2.33. The molecule has 0 aliphatic carbocycles. The summed E-state index contributed by atoms with van der Waals surface area (Å²) in [5, 5.41) is 10.7. The minimum atomic E-state index is 0.223. The Morgan fingerprint density at radius 2 is 2.12 bits per heavy atom. The van der Waals surface area contributed by atoms with Gasteiger partial charge in [0.05, 0.1) is 5.69 Å². The lowest BCUT2D eigenvalue weighted by atomic mass is 10.0. The molecule has 0 saturated carbocycles. The van der Waals surface area contributed by atoms with E-state index >= 15 is 0 Å². The number of amides is 1. The van der Waals surface area contributed by atoms with E-state index in [1.165, 1.54) is 6.42 Å². The molecule has 26 heavy (non-hydrogen) atoms. The molecular formula is C19H33N5O2. The molecule has 146 valence electrons. The number of rotatable bonds is 7. The molecule has 2 N–H and O–H groups in total. The number of carbonyl (C=O) groups excluding carboxylic acids is 1. The molecule has 1 amide bonds. The zero-order valence-electron chi connectivity index (χ0n) is 16.6. The van der Waals surface area contributed by atoms with Crippen molar-refractivity contribution in [2.45, 2.75) is 71.9 Å². The molecule has 0 radical (unpaired) electrons. The van der Waals surface area contributed by atoms with Gasteiger partial charge in [-0.05, 0) is 32.6 Å². The van der Waals surface area contributed by atoms with Gasteiger partial charge in [-0.1, -0.05) is 19.0 Å². The van der Waals surface area contributed by atoms with Gasteiger partial charge in [0.1, 0.15) is 5.76 Å². The number of piperidine rings is 1. The van der Waals surface area contributed by atoms with Crippen LogP contribution in [0.25, 0.3) is 0 Å². The summed E-state index contributed by atoms with van der Waals surface area (Å²) in [6, 6.07) is 0.363. The number of aromatic nitrogens is 1. The van der Waals surface area contributed by atoms with Gasteiger partial charge in [0, 0.05) is 51.1 Å². The van der Waals surface area contributed by atoms with Crippen molar-refractivity contribution >= 4 is 11.9 Å². The van der Waals surface area contributed by atoms with Gasteiger partial charge in [-0.25, -0.2) is 0 Å². The summed E-state index contributed by atoms with van der Waals surface area (Å²) in [5.74, 6) is 1.83. The Hall–Kier alpha value is -2.05. The number of aliphatic imine (C=N–C) groups is 1. The Kier molecular flexibility index (Phi) is 7.94. The number of nitrogens with one attached hydrogen (secondary N) is 2. The topological polar surface area (TPSA) is 82.8 Å². The molecular weight excluding hydrogens is 330 g/mol. The predicted octanol–water partition coefficient (Wildman–Crippen LogP) is 2.26. The third kappa shape index (κ3) is 5.22. The highest BCUT2D eigenvalue weighted by Crippen LogP contribution is 2.17. The van der Waals surface area contributed by atoms with Crippen molar-refractivity contribution < 1.29 is 9.32 Å². The molecule has 1 unspecified atom stereocenters. The fourth-order valence-corrected chi connectivity index (χ4v) is 3.43. The summed E-state index contributed by atoms with van der Waals surface area (Å²) in [7, 11) is 1.74. The minimum absolute atomic E-state index is 0.223. The zero-order valence-corrected chi connectivity index (χ0v) is 16.6. The highest BCUT2D eigenvalue weighted by atomic mass is 16.5. The fraction of sp³-hybridized carbons (Fsp3) is 0.737. The molecule has 0 bridgehead atoms. The highest BCUT2D eigenvalue weighted by molar-refractivity contribution is 5.81. The van der Waals surface area contributed by atoms with Crippen LogP contribution in [0, 0.1) is 0 Å². The van der Waals surface area contributed by atoms with Crippen LogP contribution in [-0.2, 0) is 24.2 Å². The summed E-state index contributed by atoms with van der Waals surface area (Å²) in [4.78, 5) is 18.6. The third-order valence-electron chi connectivity index (χ3n) is 5.02. The van der Waals surface area contributed by atoms with Gasteiger partial charge in [-0.15, -0.1) is 0 Å². The first kappa shape index (κ1) is 20.3. The number of hydrogen-bond acceptors (Lipinski definition) is 4. The molecule has 1 saturated heterocycles. The molecule has 1 fully saturated rings. The van der Waals surface area contributed by atoms with Crippen molar-refractivity contribution in [1.29, 1.82) is 0 Å². The van der Waals surface area contributed by atoms with Gasteiger partial charge in [0.25, 0.3) is 0 Å². The molecule has 1 aliphatic heterocycles. The number of likely N-dealkylation sites (tertiary alicyclic amines) is 1. The largest absolute Gasteiger partial charge is 0.361 e. The van der Waals surface area contributed by atoms with Gasteiger partial charge in [0.15, 0.2) is 5.96 Å². The van der Waals surface area contributed by atoms with Crippen LogP contribution in [0.2, 0.25) is 0 Å². The van der Waals surface area contributed by atoms with Crippen LogP contribution < -0.4 is 10.6 Å². The van der Waals surface area contributed by atoms with Gasteiger partial charge in [-0.2, -0.15) is 0 Å². The van der Waals surface area contributed by atoms with Crippen LogP contribution in [-0.4, -0.2) is 48.1 Å². The second-order valence-corrected chi connectivity index (χ2v) is 6.77. The number of guanidine groups is 1. The molecule has 1 aliphatic rings. The van der Waals surface area contributed by atoms with E-state index in [-0.39, 0.29) is 5.91 Å². The second kappa shape index (κ2) is 10.2. The smallest absolute Gasteiger partial charge is 0.224 e. The van der Waals surface area contributed by atoms with Gasteiger partial charge in [0.2, 0.25) is 5.91 Å². The van der Waals surface area contributed by atoms with Crippen LogP contribution in [0.3, 0.4) is 0 Å². The van der Waals surface area contributed by atoms with E-state index in [1.54, 1.807) is 7.05 Å². The Morgan fingerprint density at radius 3 is 2.77 bits per heavy atom. The van der Waals surface area contributed by atoms with Crippen LogP contribution in [0.4, 0.5) is 0 Å². The van der Waals surface area contributed by atoms with E-state index < -0.39 is 0 Å². The van der Waals surface area contributed by atoms with Gasteiger partial charge in [-0.3, -0.25) is 9.79 Å². The average molecular weight is 364 g/mol. The molecule has 2 heterocycles. The molecule has 1 atom stereocenters. The van der Waals surface area contributed by atoms with E-state index in [1.807, 2.05) is 4.90 Å². The zero-order chi connectivity index (χ0) is 18.9. The molecule has 0 spiro atoms. The number of hydrogen-bond donors (Lipinski definition) is 2. The Labute approximate surface area is 156 Å². The lowest BCUT2D eigenvalue weighted by molar-refractivity contribution is -0.134. The summed E-state index contributed by atoms with van der Waals surface area (Å²) in [5.41, 5.74) is 2.09. The number of aryl methyl sites for hydroxylation is 2. The van der Waals surface area contributed by atoms with Crippen molar-refractivity contribution in [3.63, 3.8) is 0 Å². The standard InChI is InChI=1S/C19H33N5O2/c1-5-16-15(17(6-2)26-23-16)13-22-19(20-4)21-11-10-18(25)24-12-8-7-9-14(24)3/h14H,5-13H2,1-4H3,(H2,20,21,22). The van der Waals surface area contributed by atoms with Crippen molar-refractivity contribution in [2.75, 3.05) is 20.1 Å². The van der Waals surface area contributed by atoms with Crippen LogP contribution in [0.15, 0.2) is 9.52 Å². The maximum Gasteiger partial charge on any atom is 0.224 e. The average Bonchev–Trinajstić information content (AvgIpc) is 3.06. The molecule has 7 heteroatoms. The van der Waals surface area contributed by atoms with E-state index in [0.29, 0.717) is 31.5 Å². The molecule has 1 aromatic heterocycles. The van der Waals surface area contributed by atoms with Crippen molar-refractivity contribution in [3.8, 4) is 0 Å². The SMILES string of the molecule is CCc1noc(CC)c1CNC(=NC)NCCC(=O)N1CCCCC1C. The Morgan fingerprint density at radius 1 is 1.31 bits per heavy atom. The molecule has 0 aromatic carbocycles. The minimum Gasteiger partial charge on any atom is -0.361 e. The van der Waals surface area contributed by atoms with Crippen molar-refractivity contribution in [1.82, 2.24) is 20.7 Å². The van der Waals surface area contributed by atoms with Gasteiger partial charge < -0.3 is 20.1 Å². The molecule has 2 rings (SSSR count). The quantitative estimate of drug-likeness (QED) is 0.573. The predicted molar refractivity (Wildman–Crippen MR) is 103 cm³/mol. The maximum atomic E-state index is 12.4. The van der Waals surface area contributed by atoms with E-state index in [9.17, 15) is 4.79 Å². The first-order valence-electron chi connectivity index (χ1n) is 9.80. The van der Waals surface area contributed by atoms with Crippen LogP contribution in [0.1, 0.15) is 63.5 Å². The van der Waals surface area contributed by atoms with Gasteiger partial charge >= 0.3 is 0 Å². The third-order valence-corrected chi connectivity index (χ3v) is 5.02. The monoisotopic (exact) mass is 363 g/mol. The maximum absolute atomic E-state index is 12.4. The Bertz CT molecular complexity index is 590. The van der Waals surface area contributed by atoms with Crippen LogP contribution >= 0.6 is 0 Å². The highest BCUT2D eigenvalue weighted by Gasteiger charge is 2.22. The molecule has 7 nitrogen and oxygen atoms in total. The van der Waals surface area contributed by atoms with E-state index in [0.717, 1.165) is 49.2 Å². The summed E-state index contributed by atoms with van der Waals surface area (Å²) >= 11 is 0. The second-order valence-electron chi connectivity index (χ2n) is 6.77.